The molecule has 23 heavy (non-hydrogen) atoms. The zero-order valence-electron chi connectivity index (χ0n) is 14.2. The summed E-state index contributed by atoms with van der Waals surface area (Å²) in [6.07, 6.45) is 3.92. The fourth-order valence-corrected chi connectivity index (χ4v) is 3.51. The van der Waals surface area contributed by atoms with Gasteiger partial charge in [-0.1, -0.05) is 37.3 Å². The maximum Gasteiger partial charge on any atom is 0.225 e. The van der Waals surface area contributed by atoms with E-state index in [0.717, 1.165) is 25.7 Å². The number of nitrogens with zero attached hydrogens (tertiary/aromatic N) is 1. The molecule has 4 heteroatoms. The Morgan fingerprint density at radius 3 is 2.22 bits per heavy atom. The molecular weight excluding hydrogens is 290 g/mol. The summed E-state index contributed by atoms with van der Waals surface area (Å²) in [5, 5.41) is 18.8. The van der Waals surface area contributed by atoms with E-state index >= 15 is 0 Å². The van der Waals surface area contributed by atoms with Crippen LogP contribution in [0.3, 0.4) is 0 Å². The first-order valence-corrected chi connectivity index (χ1v) is 8.51. The van der Waals surface area contributed by atoms with E-state index in [1.165, 1.54) is 5.56 Å². The van der Waals surface area contributed by atoms with Gasteiger partial charge in [-0.05, 0) is 37.2 Å². The minimum absolute atomic E-state index is 0.0709. The van der Waals surface area contributed by atoms with Crippen LogP contribution in [0.5, 0.6) is 0 Å². The molecule has 1 amide bonds. The molecule has 0 bridgehead atoms. The van der Waals surface area contributed by atoms with E-state index in [0.29, 0.717) is 12.5 Å². The predicted octanol–water partition coefficient (Wildman–Crippen LogP) is 2.41. The number of carbonyl (C=O) groups excluding carboxylic acids is 1. The third-order valence-corrected chi connectivity index (χ3v) is 5.11. The second-order valence-corrected chi connectivity index (χ2v) is 7.28. The summed E-state index contributed by atoms with van der Waals surface area (Å²) in [4.78, 5) is 14.3. The van der Waals surface area contributed by atoms with Gasteiger partial charge in [-0.15, -0.1) is 0 Å². The minimum Gasteiger partial charge on any atom is -0.396 e. The van der Waals surface area contributed by atoms with Crippen LogP contribution >= 0.6 is 0 Å². The first kappa shape index (κ1) is 18.0. The van der Waals surface area contributed by atoms with E-state index in [-0.39, 0.29) is 25.0 Å². The maximum absolute atomic E-state index is 12.6. The third kappa shape index (κ3) is 4.55. The summed E-state index contributed by atoms with van der Waals surface area (Å²) in [6, 6.07) is 10.5. The smallest absolute Gasteiger partial charge is 0.225 e. The van der Waals surface area contributed by atoms with Crippen LogP contribution in [0, 0.1) is 11.3 Å². The molecule has 1 saturated carbocycles. The molecule has 0 heterocycles. The second kappa shape index (κ2) is 7.93. The average Bonchev–Trinajstić information content (AvgIpc) is 2.61. The Morgan fingerprint density at radius 1 is 1.13 bits per heavy atom. The molecule has 1 fully saturated rings. The van der Waals surface area contributed by atoms with Crippen molar-refractivity contribution in [3.63, 3.8) is 0 Å². The minimum atomic E-state index is -0.633. The average molecular weight is 319 g/mol. The monoisotopic (exact) mass is 319 g/mol. The van der Waals surface area contributed by atoms with Crippen molar-refractivity contribution in [3.05, 3.63) is 35.9 Å². The number of amides is 1. The lowest BCUT2D eigenvalue weighted by molar-refractivity contribution is -0.137. The number of carbonyl (C=O) groups is 1. The van der Waals surface area contributed by atoms with Crippen molar-refractivity contribution in [2.45, 2.75) is 38.5 Å². The Morgan fingerprint density at radius 2 is 1.70 bits per heavy atom. The number of hydrogen-bond donors (Lipinski definition) is 2. The van der Waals surface area contributed by atoms with Crippen LogP contribution in [0.15, 0.2) is 30.3 Å². The molecule has 1 aromatic carbocycles. The first-order valence-electron chi connectivity index (χ1n) is 8.51. The molecule has 0 unspecified atom stereocenters. The summed E-state index contributed by atoms with van der Waals surface area (Å²) >= 11 is 0. The van der Waals surface area contributed by atoms with Crippen molar-refractivity contribution in [1.29, 1.82) is 0 Å². The van der Waals surface area contributed by atoms with Gasteiger partial charge in [-0.3, -0.25) is 4.79 Å². The molecule has 0 saturated heterocycles. The second-order valence-electron chi connectivity index (χ2n) is 7.28. The topological polar surface area (TPSA) is 60.8 Å². The van der Waals surface area contributed by atoms with Gasteiger partial charge in [-0.25, -0.2) is 0 Å². The number of benzene rings is 1. The van der Waals surface area contributed by atoms with E-state index in [1.807, 2.05) is 6.07 Å². The molecule has 4 nitrogen and oxygen atoms in total. The first-order chi connectivity index (χ1) is 11.0. The van der Waals surface area contributed by atoms with E-state index in [9.17, 15) is 15.0 Å². The Hall–Kier alpha value is -1.39. The highest BCUT2D eigenvalue weighted by molar-refractivity contribution is 5.78. The van der Waals surface area contributed by atoms with Crippen molar-refractivity contribution in [1.82, 2.24) is 4.90 Å². The van der Waals surface area contributed by atoms with Gasteiger partial charge in [0.2, 0.25) is 5.91 Å². The van der Waals surface area contributed by atoms with Crippen LogP contribution in [0.2, 0.25) is 0 Å². The van der Waals surface area contributed by atoms with Crippen molar-refractivity contribution < 1.29 is 15.0 Å². The van der Waals surface area contributed by atoms with Crippen LogP contribution in [-0.4, -0.2) is 47.8 Å². The van der Waals surface area contributed by atoms with Crippen molar-refractivity contribution in [2.75, 3.05) is 26.8 Å². The molecule has 1 aliphatic rings. The number of rotatable bonds is 6. The van der Waals surface area contributed by atoms with Gasteiger partial charge in [0.15, 0.2) is 0 Å². The fraction of sp³-hybridized carbons (Fsp3) is 0.632. The van der Waals surface area contributed by atoms with E-state index in [1.54, 1.807) is 18.9 Å². The normalized spacial score (nSPS) is 21.9. The fourth-order valence-electron chi connectivity index (χ4n) is 3.51. The summed E-state index contributed by atoms with van der Waals surface area (Å²) < 4.78 is 0. The summed E-state index contributed by atoms with van der Waals surface area (Å²) in [5.41, 5.74) is 0.742. The lowest BCUT2D eigenvalue weighted by atomic mass is 9.78. The highest BCUT2D eigenvalue weighted by Gasteiger charge is 2.32. The molecular formula is C19H29NO3. The zero-order chi connectivity index (χ0) is 16.9. The Labute approximate surface area is 139 Å². The largest absolute Gasteiger partial charge is 0.396 e. The molecule has 1 aromatic rings. The quantitative estimate of drug-likeness (QED) is 0.846. The van der Waals surface area contributed by atoms with Gasteiger partial charge < -0.3 is 15.1 Å². The SMILES string of the molecule is CN(CC(C)(CO)CO)C(=O)C1CCC(c2ccccc2)CC1. The lowest BCUT2D eigenvalue weighted by Gasteiger charge is -2.34. The predicted molar refractivity (Wildman–Crippen MR) is 91.1 cm³/mol. The molecule has 0 radical (unpaired) electrons. The van der Waals surface area contributed by atoms with Crippen LogP contribution in [0.1, 0.15) is 44.1 Å². The highest BCUT2D eigenvalue weighted by Crippen LogP contribution is 2.36. The van der Waals surface area contributed by atoms with Gasteiger partial charge in [0, 0.05) is 24.9 Å². The number of aliphatic hydroxyl groups excluding tert-OH is 2. The summed E-state index contributed by atoms with van der Waals surface area (Å²) in [7, 11) is 1.77. The van der Waals surface area contributed by atoms with Crippen LogP contribution in [0.4, 0.5) is 0 Å². The molecule has 0 spiro atoms. The standard InChI is InChI=1S/C19H29NO3/c1-19(13-21,14-22)12-20(2)18(23)17-10-8-16(9-11-17)15-6-4-3-5-7-15/h3-7,16-17,21-22H,8-14H2,1-2H3. The molecule has 0 aromatic heterocycles. The van der Waals surface area contributed by atoms with Crippen LogP contribution in [0.25, 0.3) is 0 Å². The van der Waals surface area contributed by atoms with Gasteiger partial charge >= 0.3 is 0 Å². The van der Waals surface area contributed by atoms with Gasteiger partial charge in [0.25, 0.3) is 0 Å². The molecule has 2 N–H and O–H groups in total. The van der Waals surface area contributed by atoms with Crippen molar-refractivity contribution in [2.24, 2.45) is 11.3 Å². The molecule has 2 rings (SSSR count). The molecule has 1 aliphatic carbocycles. The Balaban J connectivity index is 1.88. The maximum atomic E-state index is 12.6. The number of hydrogen-bond acceptors (Lipinski definition) is 3. The van der Waals surface area contributed by atoms with Crippen LogP contribution < -0.4 is 0 Å². The summed E-state index contributed by atoms with van der Waals surface area (Å²) in [5.74, 6) is 0.775. The van der Waals surface area contributed by atoms with Crippen LogP contribution in [-0.2, 0) is 4.79 Å². The van der Waals surface area contributed by atoms with E-state index in [2.05, 4.69) is 24.3 Å². The Bertz CT molecular complexity index is 491. The Kier molecular flexibility index (Phi) is 6.19. The highest BCUT2D eigenvalue weighted by atomic mass is 16.3. The van der Waals surface area contributed by atoms with Crippen molar-refractivity contribution in [3.8, 4) is 0 Å². The zero-order valence-corrected chi connectivity index (χ0v) is 14.2. The van der Waals surface area contributed by atoms with Gasteiger partial charge in [0.05, 0.1) is 13.2 Å². The van der Waals surface area contributed by atoms with Gasteiger partial charge in [-0.2, -0.15) is 0 Å². The summed E-state index contributed by atoms with van der Waals surface area (Å²) in [6.45, 7) is 1.93. The van der Waals surface area contributed by atoms with E-state index in [4.69, 9.17) is 0 Å². The number of aliphatic hydroxyl groups is 2. The molecule has 128 valence electrons. The molecule has 0 atom stereocenters. The van der Waals surface area contributed by atoms with Crippen molar-refractivity contribution >= 4 is 5.91 Å². The molecule has 0 aliphatic heterocycles. The van der Waals surface area contributed by atoms with Gasteiger partial charge in [0.1, 0.15) is 0 Å². The van der Waals surface area contributed by atoms with E-state index < -0.39 is 5.41 Å². The third-order valence-electron chi connectivity index (χ3n) is 5.11. The lowest BCUT2D eigenvalue weighted by Crippen LogP contribution is -2.44.